The quantitative estimate of drug-likeness (QED) is 0.401. The van der Waals surface area contributed by atoms with Gasteiger partial charge in [0.25, 0.3) is 17.7 Å². The van der Waals surface area contributed by atoms with Crippen LogP contribution in [0.2, 0.25) is 0 Å². The van der Waals surface area contributed by atoms with Gasteiger partial charge in [-0.1, -0.05) is 6.58 Å². The lowest BCUT2D eigenvalue weighted by Gasteiger charge is -2.15. The van der Waals surface area contributed by atoms with E-state index in [1.807, 2.05) is 0 Å². The van der Waals surface area contributed by atoms with Gasteiger partial charge in [0.1, 0.15) is 0 Å². The summed E-state index contributed by atoms with van der Waals surface area (Å²) in [6.07, 6.45) is 1.89. The van der Waals surface area contributed by atoms with Crippen LogP contribution in [-0.2, 0) is 38.4 Å². The highest BCUT2D eigenvalue weighted by molar-refractivity contribution is 6.01. The van der Waals surface area contributed by atoms with Crippen molar-refractivity contribution >= 4 is 29.7 Å². The number of unbranched alkanes of at least 4 members (excludes halogenated alkanes) is 1. The Kier molecular flexibility index (Phi) is 7.47. The van der Waals surface area contributed by atoms with Gasteiger partial charge in [0.05, 0.1) is 18.7 Å². The maximum atomic E-state index is 11.6. The second-order valence-electron chi connectivity index (χ2n) is 6.08. The van der Waals surface area contributed by atoms with Crippen LogP contribution < -0.4 is 0 Å². The Morgan fingerprint density at radius 1 is 0.778 bits per heavy atom. The smallest absolute Gasteiger partial charge is 0.335 e. The topological polar surface area (TPSA) is 120 Å². The molecule has 2 aliphatic rings. The fourth-order valence-electron chi connectivity index (χ4n) is 2.43. The number of hydroxylamine groups is 4. The van der Waals surface area contributed by atoms with E-state index in [0.717, 1.165) is 5.06 Å². The van der Waals surface area contributed by atoms with E-state index in [1.165, 1.54) is 0 Å². The van der Waals surface area contributed by atoms with Gasteiger partial charge < -0.3 is 14.4 Å². The summed E-state index contributed by atoms with van der Waals surface area (Å²) in [6.45, 7) is 4.08. The molecular formula is C17H22N2O8. The fraction of sp³-hybridized carbons (Fsp3) is 0.588. The Balaban J connectivity index is 1.48. The third kappa shape index (κ3) is 6.17. The molecule has 3 amide bonds. The number of hydrogen-bond acceptors (Lipinski definition) is 8. The van der Waals surface area contributed by atoms with Gasteiger partial charge in [-0.2, -0.15) is 0 Å². The van der Waals surface area contributed by atoms with Crippen molar-refractivity contribution < 1.29 is 38.4 Å². The van der Waals surface area contributed by atoms with E-state index < -0.39 is 23.8 Å². The Labute approximate surface area is 155 Å². The molecule has 0 unspecified atom stereocenters. The lowest BCUT2D eigenvalue weighted by atomic mass is 10.2. The van der Waals surface area contributed by atoms with Crippen LogP contribution in [-0.4, -0.2) is 53.0 Å². The molecule has 0 atom stereocenters. The zero-order valence-corrected chi connectivity index (χ0v) is 14.9. The van der Waals surface area contributed by atoms with Crippen molar-refractivity contribution in [3.05, 3.63) is 12.3 Å². The molecule has 0 aliphatic carbocycles. The number of amides is 3. The largest absolute Gasteiger partial charge is 0.381 e. The SMILES string of the molecule is C=C1CCC(=O)N1OC(=O)CCOCCCCC(=O)ON1C(=O)CCC1=O. The first kappa shape index (κ1) is 20.6. The maximum Gasteiger partial charge on any atom is 0.335 e. The highest BCUT2D eigenvalue weighted by Crippen LogP contribution is 2.21. The van der Waals surface area contributed by atoms with Gasteiger partial charge in [-0.15, -0.1) is 10.1 Å². The number of hydrogen-bond donors (Lipinski definition) is 0. The van der Waals surface area contributed by atoms with Gasteiger partial charge in [-0.05, 0) is 19.3 Å². The summed E-state index contributed by atoms with van der Waals surface area (Å²) in [6, 6.07) is 0. The standard InChI is InChI=1S/C17H22N2O8/c1-12-5-6-13(20)18(12)26-17(24)9-11-25-10-3-2-4-16(23)27-19-14(21)7-8-15(19)22/h1-11H2. The summed E-state index contributed by atoms with van der Waals surface area (Å²) in [5, 5.41) is 1.44. The number of nitrogens with zero attached hydrogens (tertiary/aromatic N) is 2. The molecule has 10 nitrogen and oxygen atoms in total. The Bertz CT molecular complexity index is 559. The lowest BCUT2D eigenvalue weighted by molar-refractivity contribution is -0.197. The minimum absolute atomic E-state index is 0.0156. The van der Waals surface area contributed by atoms with Crippen molar-refractivity contribution in [1.29, 1.82) is 0 Å². The second kappa shape index (κ2) is 9.81. The Morgan fingerprint density at radius 2 is 1.33 bits per heavy atom. The van der Waals surface area contributed by atoms with E-state index in [4.69, 9.17) is 14.4 Å². The lowest BCUT2D eigenvalue weighted by Crippen LogP contribution is -2.31. The van der Waals surface area contributed by atoms with Gasteiger partial charge in [0.15, 0.2) is 0 Å². The zero-order chi connectivity index (χ0) is 19.8. The Morgan fingerprint density at radius 3 is 1.96 bits per heavy atom. The summed E-state index contributed by atoms with van der Waals surface area (Å²) in [5.41, 5.74) is 0.457. The van der Waals surface area contributed by atoms with Crippen molar-refractivity contribution in [3.63, 3.8) is 0 Å². The van der Waals surface area contributed by atoms with Crippen LogP contribution in [0.15, 0.2) is 12.3 Å². The average molecular weight is 382 g/mol. The minimum atomic E-state index is -0.655. The van der Waals surface area contributed by atoms with Gasteiger partial charge in [-0.25, -0.2) is 9.59 Å². The van der Waals surface area contributed by atoms with Crippen molar-refractivity contribution in [2.75, 3.05) is 13.2 Å². The van der Waals surface area contributed by atoms with Crippen molar-refractivity contribution in [3.8, 4) is 0 Å². The highest BCUT2D eigenvalue weighted by atomic mass is 16.7. The number of carbonyl (C=O) groups is 5. The van der Waals surface area contributed by atoms with Crippen LogP contribution in [0.1, 0.15) is 51.4 Å². The first-order valence-electron chi connectivity index (χ1n) is 8.74. The van der Waals surface area contributed by atoms with Crippen LogP contribution in [0.25, 0.3) is 0 Å². The number of allylic oxidation sites excluding steroid dienone is 1. The predicted molar refractivity (Wildman–Crippen MR) is 87.8 cm³/mol. The molecule has 10 heteroatoms. The van der Waals surface area contributed by atoms with E-state index in [-0.39, 0.29) is 44.6 Å². The molecule has 2 aliphatic heterocycles. The van der Waals surface area contributed by atoms with Crippen molar-refractivity contribution in [2.45, 2.75) is 51.4 Å². The molecule has 2 heterocycles. The molecular weight excluding hydrogens is 360 g/mol. The van der Waals surface area contributed by atoms with Crippen LogP contribution in [0.4, 0.5) is 0 Å². The first-order chi connectivity index (χ1) is 12.9. The van der Waals surface area contributed by atoms with Crippen LogP contribution in [0.5, 0.6) is 0 Å². The van der Waals surface area contributed by atoms with E-state index in [9.17, 15) is 24.0 Å². The summed E-state index contributed by atoms with van der Waals surface area (Å²) in [4.78, 5) is 66.9. The fourth-order valence-corrected chi connectivity index (χ4v) is 2.43. The second-order valence-corrected chi connectivity index (χ2v) is 6.08. The molecule has 0 aromatic carbocycles. The molecule has 2 fully saturated rings. The molecule has 0 radical (unpaired) electrons. The summed E-state index contributed by atoms with van der Waals surface area (Å²) in [7, 11) is 0. The van der Waals surface area contributed by atoms with E-state index in [1.54, 1.807) is 0 Å². The minimum Gasteiger partial charge on any atom is -0.381 e. The molecule has 0 aromatic rings. The molecule has 27 heavy (non-hydrogen) atoms. The summed E-state index contributed by atoms with van der Waals surface area (Å²) >= 11 is 0. The number of carbonyl (C=O) groups excluding carboxylic acids is 5. The van der Waals surface area contributed by atoms with Crippen LogP contribution >= 0.6 is 0 Å². The Hall–Kier alpha value is -2.75. The third-order valence-electron chi connectivity index (χ3n) is 3.90. The van der Waals surface area contributed by atoms with E-state index in [0.29, 0.717) is 36.6 Å². The molecule has 2 saturated heterocycles. The van der Waals surface area contributed by atoms with E-state index >= 15 is 0 Å². The predicted octanol–water partition coefficient (Wildman–Crippen LogP) is 0.765. The molecule has 0 bridgehead atoms. The third-order valence-corrected chi connectivity index (χ3v) is 3.90. The summed E-state index contributed by atoms with van der Waals surface area (Å²) in [5.74, 6) is -2.56. The normalized spacial score (nSPS) is 17.0. The average Bonchev–Trinajstić information content (AvgIpc) is 3.11. The molecule has 0 saturated carbocycles. The zero-order valence-electron chi connectivity index (χ0n) is 14.9. The number of rotatable bonds is 10. The van der Waals surface area contributed by atoms with Gasteiger partial charge in [0.2, 0.25) is 0 Å². The first-order valence-corrected chi connectivity index (χ1v) is 8.74. The summed E-state index contributed by atoms with van der Waals surface area (Å²) < 4.78 is 5.27. The van der Waals surface area contributed by atoms with Gasteiger partial charge in [-0.3, -0.25) is 14.4 Å². The van der Waals surface area contributed by atoms with Crippen LogP contribution in [0.3, 0.4) is 0 Å². The van der Waals surface area contributed by atoms with Crippen molar-refractivity contribution in [1.82, 2.24) is 10.1 Å². The maximum absolute atomic E-state index is 11.6. The molecule has 0 aromatic heterocycles. The van der Waals surface area contributed by atoms with E-state index in [2.05, 4.69) is 6.58 Å². The molecule has 0 spiro atoms. The molecule has 2 rings (SSSR count). The van der Waals surface area contributed by atoms with Gasteiger partial charge >= 0.3 is 11.9 Å². The number of ether oxygens (including phenoxy) is 1. The van der Waals surface area contributed by atoms with Gasteiger partial charge in [0, 0.05) is 32.3 Å². The van der Waals surface area contributed by atoms with Crippen LogP contribution in [0, 0.1) is 0 Å². The highest BCUT2D eigenvalue weighted by Gasteiger charge is 2.32. The molecule has 148 valence electrons. The monoisotopic (exact) mass is 382 g/mol. The molecule has 0 N–H and O–H groups in total. The number of imide groups is 1. The van der Waals surface area contributed by atoms with Crippen molar-refractivity contribution in [2.24, 2.45) is 0 Å².